The largest absolute Gasteiger partial charge is 0.496 e. The fourth-order valence-electron chi connectivity index (χ4n) is 3.22. The van der Waals surface area contributed by atoms with E-state index in [1.165, 1.54) is 18.4 Å². The predicted molar refractivity (Wildman–Crippen MR) is 82.4 cm³/mol. The van der Waals surface area contributed by atoms with Crippen molar-refractivity contribution >= 4 is 5.91 Å². The molecular weight excluding hydrogens is 264 g/mol. The molecule has 1 aromatic carbocycles. The SMILES string of the molecule is COc1ccc(C)cc1[C@@H](C)N[C@@H]1CC(=O)N(C2CC2)C1. The highest BCUT2D eigenvalue weighted by Crippen LogP contribution is 2.32. The quantitative estimate of drug-likeness (QED) is 0.904. The molecule has 2 aliphatic rings. The molecule has 1 amide bonds. The maximum atomic E-state index is 12.0. The smallest absolute Gasteiger partial charge is 0.224 e. The summed E-state index contributed by atoms with van der Waals surface area (Å²) in [5, 5.41) is 3.60. The third-order valence-electron chi connectivity index (χ3n) is 4.48. The first-order valence-electron chi connectivity index (χ1n) is 7.78. The summed E-state index contributed by atoms with van der Waals surface area (Å²) in [5.41, 5.74) is 2.39. The summed E-state index contributed by atoms with van der Waals surface area (Å²) in [6, 6.07) is 7.18. The van der Waals surface area contributed by atoms with E-state index in [4.69, 9.17) is 4.74 Å². The van der Waals surface area contributed by atoms with Crippen LogP contribution in [0.4, 0.5) is 0 Å². The van der Waals surface area contributed by atoms with Crippen LogP contribution in [0.15, 0.2) is 18.2 Å². The van der Waals surface area contributed by atoms with Gasteiger partial charge < -0.3 is 15.0 Å². The Morgan fingerprint density at radius 3 is 2.81 bits per heavy atom. The number of aryl methyl sites for hydroxylation is 1. The average Bonchev–Trinajstić information content (AvgIpc) is 3.23. The lowest BCUT2D eigenvalue weighted by molar-refractivity contribution is -0.128. The van der Waals surface area contributed by atoms with Crippen molar-refractivity contribution in [1.82, 2.24) is 10.2 Å². The molecule has 0 bridgehead atoms. The van der Waals surface area contributed by atoms with E-state index in [9.17, 15) is 4.79 Å². The van der Waals surface area contributed by atoms with Gasteiger partial charge >= 0.3 is 0 Å². The van der Waals surface area contributed by atoms with Gasteiger partial charge in [-0.25, -0.2) is 0 Å². The Balaban J connectivity index is 1.67. The lowest BCUT2D eigenvalue weighted by Gasteiger charge is -2.22. The van der Waals surface area contributed by atoms with E-state index < -0.39 is 0 Å². The summed E-state index contributed by atoms with van der Waals surface area (Å²) in [6.07, 6.45) is 2.98. The molecule has 3 rings (SSSR count). The van der Waals surface area contributed by atoms with Gasteiger partial charge in [-0.1, -0.05) is 17.7 Å². The third-order valence-corrected chi connectivity index (χ3v) is 4.48. The van der Waals surface area contributed by atoms with Gasteiger partial charge in [0, 0.05) is 36.7 Å². The maximum Gasteiger partial charge on any atom is 0.224 e. The molecule has 4 nitrogen and oxygen atoms in total. The number of nitrogens with one attached hydrogen (secondary N) is 1. The Kier molecular flexibility index (Phi) is 3.89. The zero-order valence-corrected chi connectivity index (χ0v) is 13.1. The molecule has 114 valence electrons. The fraction of sp³-hybridized carbons (Fsp3) is 0.588. The Hall–Kier alpha value is -1.55. The second kappa shape index (κ2) is 5.68. The Morgan fingerprint density at radius 2 is 2.14 bits per heavy atom. The molecule has 1 saturated carbocycles. The highest BCUT2D eigenvalue weighted by atomic mass is 16.5. The zero-order chi connectivity index (χ0) is 15.0. The minimum absolute atomic E-state index is 0.178. The summed E-state index contributed by atoms with van der Waals surface area (Å²) in [7, 11) is 1.70. The second-order valence-corrected chi connectivity index (χ2v) is 6.31. The van der Waals surface area contributed by atoms with E-state index in [0.717, 1.165) is 17.9 Å². The summed E-state index contributed by atoms with van der Waals surface area (Å²) < 4.78 is 5.46. The number of hydrogen-bond acceptors (Lipinski definition) is 3. The highest BCUT2D eigenvalue weighted by Gasteiger charge is 2.39. The van der Waals surface area contributed by atoms with E-state index in [0.29, 0.717) is 18.4 Å². The van der Waals surface area contributed by atoms with Crippen LogP contribution in [-0.4, -0.2) is 36.5 Å². The number of amides is 1. The number of carbonyl (C=O) groups excluding carboxylic acids is 1. The number of hydrogen-bond donors (Lipinski definition) is 1. The summed E-state index contributed by atoms with van der Waals surface area (Å²) in [4.78, 5) is 14.1. The topological polar surface area (TPSA) is 41.6 Å². The van der Waals surface area contributed by atoms with Crippen molar-refractivity contribution in [3.8, 4) is 5.75 Å². The van der Waals surface area contributed by atoms with Crippen LogP contribution in [0.25, 0.3) is 0 Å². The molecule has 0 unspecified atom stereocenters. The Bertz CT molecular complexity index is 540. The van der Waals surface area contributed by atoms with Gasteiger partial charge in [0.1, 0.15) is 5.75 Å². The van der Waals surface area contributed by atoms with Crippen molar-refractivity contribution in [3.63, 3.8) is 0 Å². The molecule has 1 heterocycles. The van der Waals surface area contributed by atoms with Crippen LogP contribution in [-0.2, 0) is 4.79 Å². The highest BCUT2D eigenvalue weighted by molar-refractivity contribution is 5.80. The van der Waals surface area contributed by atoms with Crippen LogP contribution < -0.4 is 10.1 Å². The number of nitrogens with zero attached hydrogens (tertiary/aromatic N) is 1. The van der Waals surface area contributed by atoms with Crippen molar-refractivity contribution in [1.29, 1.82) is 0 Å². The second-order valence-electron chi connectivity index (χ2n) is 6.31. The number of methoxy groups -OCH3 is 1. The molecule has 1 aliphatic carbocycles. The van der Waals surface area contributed by atoms with Crippen molar-refractivity contribution in [2.75, 3.05) is 13.7 Å². The van der Waals surface area contributed by atoms with Gasteiger partial charge in [0.15, 0.2) is 0 Å². The molecule has 2 fully saturated rings. The standard InChI is InChI=1S/C17H24N2O2/c1-11-4-7-16(21-3)15(8-11)12(2)18-13-9-17(20)19(10-13)14-5-6-14/h4,7-8,12-14,18H,5-6,9-10H2,1-3H3/t12-,13-/m1/s1. The van der Waals surface area contributed by atoms with Crippen LogP contribution in [0.2, 0.25) is 0 Å². The molecule has 2 atom stereocenters. The zero-order valence-electron chi connectivity index (χ0n) is 13.1. The summed E-state index contributed by atoms with van der Waals surface area (Å²) in [5.74, 6) is 1.21. The number of ether oxygens (including phenoxy) is 1. The van der Waals surface area contributed by atoms with E-state index in [1.54, 1.807) is 7.11 Å². The number of carbonyl (C=O) groups is 1. The third kappa shape index (κ3) is 3.05. The lowest BCUT2D eigenvalue weighted by Crippen LogP contribution is -2.35. The summed E-state index contributed by atoms with van der Waals surface area (Å²) in [6.45, 7) is 5.08. The molecular formula is C17H24N2O2. The number of rotatable bonds is 5. The van der Waals surface area contributed by atoms with Crippen LogP contribution in [0.1, 0.15) is 43.4 Å². The maximum absolute atomic E-state index is 12.0. The van der Waals surface area contributed by atoms with Crippen LogP contribution in [0.5, 0.6) is 5.75 Å². The molecule has 1 N–H and O–H groups in total. The minimum Gasteiger partial charge on any atom is -0.496 e. The Labute approximate surface area is 126 Å². The molecule has 1 aliphatic heterocycles. The van der Waals surface area contributed by atoms with Gasteiger partial charge in [-0.15, -0.1) is 0 Å². The van der Waals surface area contributed by atoms with Crippen molar-refractivity contribution in [2.24, 2.45) is 0 Å². The first-order chi connectivity index (χ1) is 10.1. The van der Waals surface area contributed by atoms with Gasteiger partial charge in [0.2, 0.25) is 5.91 Å². The molecule has 1 saturated heterocycles. The minimum atomic E-state index is 0.178. The number of likely N-dealkylation sites (tertiary alicyclic amines) is 1. The molecule has 0 spiro atoms. The summed E-state index contributed by atoms with van der Waals surface area (Å²) >= 11 is 0. The molecule has 21 heavy (non-hydrogen) atoms. The van der Waals surface area contributed by atoms with Crippen molar-refractivity contribution in [2.45, 2.75) is 51.2 Å². The van der Waals surface area contributed by atoms with E-state index in [-0.39, 0.29) is 12.1 Å². The van der Waals surface area contributed by atoms with Gasteiger partial charge in [0.25, 0.3) is 0 Å². The molecule has 0 radical (unpaired) electrons. The van der Waals surface area contributed by atoms with E-state index in [2.05, 4.69) is 36.2 Å². The van der Waals surface area contributed by atoms with Crippen LogP contribution in [0, 0.1) is 6.92 Å². The Morgan fingerprint density at radius 1 is 1.38 bits per heavy atom. The van der Waals surface area contributed by atoms with Crippen molar-refractivity contribution < 1.29 is 9.53 Å². The first kappa shape index (κ1) is 14.4. The van der Waals surface area contributed by atoms with Gasteiger partial charge in [-0.2, -0.15) is 0 Å². The predicted octanol–water partition coefficient (Wildman–Crippen LogP) is 2.42. The van der Waals surface area contributed by atoms with Gasteiger partial charge in [0.05, 0.1) is 7.11 Å². The van der Waals surface area contributed by atoms with E-state index >= 15 is 0 Å². The molecule has 0 aromatic heterocycles. The normalized spacial score (nSPS) is 23.5. The van der Waals surface area contributed by atoms with E-state index in [1.807, 2.05) is 6.07 Å². The molecule has 4 heteroatoms. The van der Waals surface area contributed by atoms with Gasteiger partial charge in [-0.3, -0.25) is 4.79 Å². The lowest BCUT2D eigenvalue weighted by atomic mass is 10.0. The first-order valence-corrected chi connectivity index (χ1v) is 7.78. The van der Waals surface area contributed by atoms with Crippen molar-refractivity contribution in [3.05, 3.63) is 29.3 Å². The van der Waals surface area contributed by atoms with Crippen LogP contribution >= 0.6 is 0 Å². The van der Waals surface area contributed by atoms with Crippen LogP contribution in [0.3, 0.4) is 0 Å². The van der Waals surface area contributed by atoms with Gasteiger partial charge in [-0.05, 0) is 32.8 Å². The number of benzene rings is 1. The molecule has 1 aromatic rings. The monoisotopic (exact) mass is 288 g/mol. The fourth-order valence-corrected chi connectivity index (χ4v) is 3.22. The average molecular weight is 288 g/mol.